The van der Waals surface area contributed by atoms with E-state index in [0.717, 1.165) is 22.3 Å². The van der Waals surface area contributed by atoms with Gasteiger partial charge in [0.1, 0.15) is 16.5 Å². The van der Waals surface area contributed by atoms with Crippen LogP contribution in [0, 0.1) is 11.6 Å². The molecule has 0 bridgehead atoms. The van der Waals surface area contributed by atoms with Crippen LogP contribution in [-0.2, 0) is 17.9 Å². The molecule has 0 fully saturated rings. The molecule has 5 aromatic rings. The van der Waals surface area contributed by atoms with Crippen molar-refractivity contribution in [3.8, 4) is 22.0 Å². The lowest BCUT2D eigenvalue weighted by molar-refractivity contribution is -0.120. The van der Waals surface area contributed by atoms with Crippen LogP contribution in [0.3, 0.4) is 0 Å². The maximum Gasteiger partial charge on any atom is 0.337 e. The number of thiophene rings is 1. The minimum absolute atomic E-state index is 0.0508. The van der Waals surface area contributed by atoms with Gasteiger partial charge in [-0.1, -0.05) is 18.2 Å². The Hall–Kier alpha value is -4.88. The maximum atomic E-state index is 14.8. The highest BCUT2D eigenvalue weighted by molar-refractivity contribution is 7.22. The number of amides is 1. The fourth-order valence-corrected chi connectivity index (χ4v) is 5.85. The van der Waals surface area contributed by atoms with Gasteiger partial charge in [0.25, 0.3) is 11.5 Å². The zero-order valence-electron chi connectivity index (χ0n) is 22.6. The third-order valence-corrected chi connectivity index (χ3v) is 7.74. The van der Waals surface area contributed by atoms with Gasteiger partial charge in [0.05, 0.1) is 23.8 Å². The third-order valence-electron chi connectivity index (χ3n) is 6.44. The van der Waals surface area contributed by atoms with Crippen molar-refractivity contribution in [1.29, 1.82) is 0 Å². The van der Waals surface area contributed by atoms with Gasteiger partial charge in [-0.25, -0.2) is 23.1 Å². The molecule has 0 saturated carbocycles. The van der Waals surface area contributed by atoms with Crippen LogP contribution >= 0.6 is 11.3 Å². The van der Waals surface area contributed by atoms with E-state index in [1.807, 2.05) is 31.1 Å². The SMILES string of the molecule is CN(C)Cc1c(-c2ccc(N)cc2)sc2c1c(=O)n(-c1ccc(OCC(N)=O)nc1)c(=O)n2Cc1c(F)cccc1F. The molecule has 42 heavy (non-hydrogen) atoms. The van der Waals surface area contributed by atoms with E-state index in [1.165, 1.54) is 40.3 Å². The lowest BCUT2D eigenvalue weighted by Gasteiger charge is -2.15. The third kappa shape index (κ3) is 5.51. The second kappa shape index (κ2) is 11.5. The highest BCUT2D eigenvalue weighted by Gasteiger charge is 2.25. The van der Waals surface area contributed by atoms with Crippen molar-refractivity contribution in [2.75, 3.05) is 26.4 Å². The number of aromatic nitrogens is 3. The number of hydrogen-bond acceptors (Lipinski definition) is 8. The largest absolute Gasteiger partial charge is 0.468 e. The van der Waals surface area contributed by atoms with Crippen LogP contribution in [0.25, 0.3) is 26.3 Å². The summed E-state index contributed by atoms with van der Waals surface area (Å²) in [5.41, 5.74) is 11.3. The predicted molar refractivity (Wildman–Crippen MR) is 157 cm³/mol. The first-order chi connectivity index (χ1) is 20.0. The van der Waals surface area contributed by atoms with Gasteiger partial charge in [-0.2, -0.15) is 0 Å². The number of ether oxygens (including phenoxy) is 1. The van der Waals surface area contributed by atoms with Crippen LogP contribution in [0.2, 0.25) is 0 Å². The number of halogens is 2. The number of anilines is 1. The van der Waals surface area contributed by atoms with Crippen molar-refractivity contribution in [2.24, 2.45) is 5.73 Å². The Kier molecular flexibility index (Phi) is 7.87. The molecule has 0 saturated heterocycles. The Morgan fingerprint density at radius 3 is 2.31 bits per heavy atom. The summed E-state index contributed by atoms with van der Waals surface area (Å²) in [6.07, 6.45) is 1.23. The van der Waals surface area contributed by atoms with Gasteiger partial charge in [0, 0.05) is 28.7 Å². The second-order valence-electron chi connectivity index (χ2n) is 9.77. The van der Waals surface area contributed by atoms with Gasteiger partial charge >= 0.3 is 5.69 Å². The topological polar surface area (TPSA) is 138 Å². The second-order valence-corrected chi connectivity index (χ2v) is 10.8. The molecule has 4 N–H and O–H groups in total. The van der Waals surface area contributed by atoms with Crippen molar-refractivity contribution in [3.05, 3.63) is 104 Å². The number of primary amides is 1. The minimum atomic E-state index is -0.825. The quantitative estimate of drug-likeness (QED) is 0.251. The van der Waals surface area contributed by atoms with Crippen LogP contribution in [0.4, 0.5) is 14.5 Å². The molecule has 0 spiro atoms. The molecule has 0 aliphatic carbocycles. The van der Waals surface area contributed by atoms with E-state index in [-0.39, 0.29) is 27.3 Å². The van der Waals surface area contributed by atoms with E-state index >= 15 is 0 Å². The zero-order chi connectivity index (χ0) is 30.1. The van der Waals surface area contributed by atoms with Crippen molar-refractivity contribution in [3.63, 3.8) is 0 Å². The molecular weight excluding hydrogens is 566 g/mol. The molecule has 1 amide bonds. The first-order valence-electron chi connectivity index (χ1n) is 12.7. The molecule has 0 aliphatic rings. The first kappa shape index (κ1) is 28.6. The summed E-state index contributed by atoms with van der Waals surface area (Å²) in [6, 6.07) is 13.3. The van der Waals surface area contributed by atoms with Gasteiger partial charge in [-0.05, 0) is 55.6 Å². The van der Waals surface area contributed by atoms with Crippen LogP contribution in [0.15, 0.2) is 70.4 Å². The van der Waals surface area contributed by atoms with Gasteiger partial charge in [0.2, 0.25) is 5.88 Å². The lowest BCUT2D eigenvalue weighted by atomic mass is 10.1. The predicted octanol–water partition coefficient (Wildman–Crippen LogP) is 3.11. The Morgan fingerprint density at radius 1 is 1.02 bits per heavy atom. The molecule has 0 radical (unpaired) electrons. The van der Waals surface area contributed by atoms with E-state index in [0.29, 0.717) is 22.7 Å². The number of benzene rings is 2. The number of carbonyl (C=O) groups excluding carboxylic acids is 1. The van der Waals surface area contributed by atoms with Crippen LogP contribution in [0.5, 0.6) is 5.88 Å². The van der Waals surface area contributed by atoms with Crippen molar-refractivity contribution in [2.45, 2.75) is 13.1 Å². The standard InChI is InChI=1S/C29H26F2N6O4S/c1-35(2)13-20-25-27(39)37(18-10-11-24(34-12-18)41-15-23(33)38)29(40)36(14-19-21(30)4-3-5-22(19)31)28(25)42-26(20)16-6-8-17(32)9-7-16/h3-12H,13-15,32H2,1-2H3,(H2,33,38). The maximum absolute atomic E-state index is 14.8. The van der Waals surface area contributed by atoms with Crippen molar-refractivity contribution < 1.29 is 18.3 Å². The average molecular weight is 593 g/mol. The first-order valence-corrected chi connectivity index (χ1v) is 13.5. The highest BCUT2D eigenvalue weighted by Crippen LogP contribution is 2.38. The number of pyridine rings is 1. The Balaban J connectivity index is 1.82. The number of rotatable bonds is 9. The minimum Gasteiger partial charge on any atom is -0.468 e. The average Bonchev–Trinajstić information content (AvgIpc) is 3.31. The van der Waals surface area contributed by atoms with Crippen LogP contribution in [-0.4, -0.2) is 45.6 Å². The van der Waals surface area contributed by atoms with E-state index in [1.54, 1.807) is 12.1 Å². The lowest BCUT2D eigenvalue weighted by Crippen LogP contribution is -2.39. The Labute approximate surface area is 242 Å². The number of fused-ring (bicyclic) bond motifs is 1. The fraction of sp³-hybridized carbons (Fsp3) is 0.172. The Bertz CT molecular complexity index is 1890. The summed E-state index contributed by atoms with van der Waals surface area (Å²) >= 11 is 1.18. The zero-order valence-corrected chi connectivity index (χ0v) is 23.5. The van der Waals surface area contributed by atoms with Crippen molar-refractivity contribution in [1.82, 2.24) is 19.0 Å². The molecule has 5 rings (SSSR count). The number of hydrogen-bond donors (Lipinski definition) is 2. The smallest absolute Gasteiger partial charge is 0.337 e. The van der Waals surface area contributed by atoms with E-state index in [4.69, 9.17) is 16.2 Å². The summed E-state index contributed by atoms with van der Waals surface area (Å²) in [7, 11) is 3.68. The summed E-state index contributed by atoms with van der Waals surface area (Å²) in [6.45, 7) is -0.542. The molecule has 3 heterocycles. The summed E-state index contributed by atoms with van der Waals surface area (Å²) in [5, 5.41) is 0.228. The van der Waals surface area contributed by atoms with Crippen LogP contribution in [0.1, 0.15) is 11.1 Å². The van der Waals surface area contributed by atoms with Gasteiger partial charge in [0.15, 0.2) is 6.61 Å². The van der Waals surface area contributed by atoms with Gasteiger partial charge in [-0.15, -0.1) is 11.3 Å². The molecule has 216 valence electrons. The molecular formula is C29H26F2N6O4S. The number of nitrogen functional groups attached to an aromatic ring is 1. The molecule has 0 atom stereocenters. The normalized spacial score (nSPS) is 11.4. The molecule has 0 aliphatic heterocycles. The van der Waals surface area contributed by atoms with E-state index in [2.05, 4.69) is 4.98 Å². The Morgan fingerprint density at radius 2 is 1.71 bits per heavy atom. The van der Waals surface area contributed by atoms with Gasteiger partial charge in [-0.3, -0.25) is 14.2 Å². The number of nitrogens with zero attached hydrogens (tertiary/aromatic N) is 4. The summed E-state index contributed by atoms with van der Waals surface area (Å²) in [5.74, 6) is -2.30. The highest BCUT2D eigenvalue weighted by atomic mass is 32.1. The molecule has 2 aromatic carbocycles. The van der Waals surface area contributed by atoms with Gasteiger partial charge < -0.3 is 21.1 Å². The van der Waals surface area contributed by atoms with Crippen LogP contribution < -0.4 is 27.5 Å². The molecule has 3 aromatic heterocycles. The number of carbonyl (C=O) groups is 1. The van der Waals surface area contributed by atoms with Crippen molar-refractivity contribution >= 4 is 33.1 Å². The van der Waals surface area contributed by atoms with E-state index < -0.39 is 41.9 Å². The molecule has 13 heteroatoms. The molecule has 0 unspecified atom stereocenters. The fourth-order valence-electron chi connectivity index (χ4n) is 4.55. The summed E-state index contributed by atoms with van der Waals surface area (Å²) < 4.78 is 36.9. The monoisotopic (exact) mass is 592 g/mol. The van der Waals surface area contributed by atoms with E-state index in [9.17, 15) is 23.2 Å². The summed E-state index contributed by atoms with van der Waals surface area (Å²) in [4.78, 5) is 46.1. The number of nitrogens with two attached hydrogens (primary N) is 2. The molecule has 10 nitrogen and oxygen atoms in total.